The third kappa shape index (κ3) is 1.88. The molecule has 1 heterocycles. The molecule has 3 unspecified atom stereocenters. The summed E-state index contributed by atoms with van der Waals surface area (Å²) < 4.78 is 0. The van der Waals surface area contributed by atoms with Crippen molar-refractivity contribution in [3.8, 4) is 0 Å². The number of carbonyl (C=O) groups excluding carboxylic acids is 2. The molecular weight excluding hydrogens is 228 g/mol. The zero-order chi connectivity index (χ0) is 12.7. The highest BCUT2D eigenvalue weighted by molar-refractivity contribution is 5.88. The first-order valence-corrected chi connectivity index (χ1v) is 6.30. The lowest BCUT2D eigenvalue weighted by atomic mass is 10.1. The largest absolute Gasteiger partial charge is 0.369 e. The second-order valence-corrected chi connectivity index (χ2v) is 5.17. The summed E-state index contributed by atoms with van der Waals surface area (Å²) in [5.74, 6) is -0.152. The van der Waals surface area contributed by atoms with E-state index in [0.29, 0.717) is 12.5 Å². The molecule has 0 aromatic heterocycles. The SMILES string of the molecule is NC(=O)C1CC(=O)N(C2CC2c2ccccc2)C1. The first-order chi connectivity index (χ1) is 8.66. The molecule has 1 aliphatic carbocycles. The van der Waals surface area contributed by atoms with Gasteiger partial charge in [-0.3, -0.25) is 9.59 Å². The minimum absolute atomic E-state index is 0.0715. The fourth-order valence-electron chi connectivity index (χ4n) is 2.83. The van der Waals surface area contributed by atoms with Crippen LogP contribution in [-0.2, 0) is 9.59 Å². The molecule has 2 fully saturated rings. The van der Waals surface area contributed by atoms with Crippen molar-refractivity contribution in [3.05, 3.63) is 35.9 Å². The maximum Gasteiger partial charge on any atom is 0.223 e. The number of rotatable bonds is 3. The lowest BCUT2D eigenvalue weighted by molar-refractivity contribution is -0.128. The van der Waals surface area contributed by atoms with E-state index in [1.807, 2.05) is 23.1 Å². The van der Waals surface area contributed by atoms with E-state index in [0.717, 1.165) is 6.42 Å². The van der Waals surface area contributed by atoms with Crippen molar-refractivity contribution in [1.82, 2.24) is 4.90 Å². The normalized spacial score (nSPS) is 30.6. The van der Waals surface area contributed by atoms with Crippen LogP contribution in [0.3, 0.4) is 0 Å². The van der Waals surface area contributed by atoms with Gasteiger partial charge in [0.1, 0.15) is 0 Å². The van der Waals surface area contributed by atoms with E-state index in [2.05, 4.69) is 12.1 Å². The summed E-state index contributed by atoms with van der Waals surface area (Å²) in [6.45, 7) is 0.502. The highest BCUT2D eigenvalue weighted by Gasteiger charge is 2.48. The van der Waals surface area contributed by atoms with Crippen molar-refractivity contribution < 1.29 is 9.59 Å². The lowest BCUT2D eigenvalue weighted by Gasteiger charge is -2.16. The van der Waals surface area contributed by atoms with E-state index in [1.54, 1.807) is 0 Å². The molecule has 4 heteroatoms. The van der Waals surface area contributed by atoms with Crippen LogP contribution in [0, 0.1) is 5.92 Å². The van der Waals surface area contributed by atoms with Gasteiger partial charge in [-0.15, -0.1) is 0 Å². The van der Waals surface area contributed by atoms with Crippen molar-refractivity contribution in [2.75, 3.05) is 6.54 Å². The van der Waals surface area contributed by atoms with Crippen LogP contribution in [-0.4, -0.2) is 29.3 Å². The number of amides is 2. The molecule has 1 saturated carbocycles. The number of primary amides is 1. The molecule has 2 N–H and O–H groups in total. The molecule has 1 aromatic carbocycles. The van der Waals surface area contributed by atoms with Crippen LogP contribution in [0.4, 0.5) is 0 Å². The van der Waals surface area contributed by atoms with Gasteiger partial charge in [0.2, 0.25) is 11.8 Å². The highest BCUT2D eigenvalue weighted by Crippen LogP contribution is 2.46. The van der Waals surface area contributed by atoms with Gasteiger partial charge in [0.25, 0.3) is 0 Å². The number of nitrogens with zero attached hydrogens (tertiary/aromatic N) is 1. The summed E-state index contributed by atoms with van der Waals surface area (Å²) >= 11 is 0. The average Bonchev–Trinajstić information content (AvgIpc) is 3.06. The van der Waals surface area contributed by atoms with Gasteiger partial charge in [-0.2, -0.15) is 0 Å². The van der Waals surface area contributed by atoms with Crippen LogP contribution in [0.25, 0.3) is 0 Å². The number of carbonyl (C=O) groups is 2. The second kappa shape index (κ2) is 4.12. The topological polar surface area (TPSA) is 63.4 Å². The van der Waals surface area contributed by atoms with Crippen LogP contribution < -0.4 is 5.73 Å². The maximum absolute atomic E-state index is 11.9. The third-order valence-corrected chi connectivity index (χ3v) is 3.95. The minimum atomic E-state index is -0.359. The Balaban J connectivity index is 1.68. The van der Waals surface area contributed by atoms with Crippen molar-refractivity contribution >= 4 is 11.8 Å². The van der Waals surface area contributed by atoms with Crippen LogP contribution in [0.1, 0.15) is 24.3 Å². The Bertz CT molecular complexity index is 486. The van der Waals surface area contributed by atoms with Crippen molar-refractivity contribution in [2.24, 2.45) is 11.7 Å². The second-order valence-electron chi connectivity index (χ2n) is 5.17. The average molecular weight is 244 g/mol. The Morgan fingerprint density at radius 1 is 1.28 bits per heavy atom. The maximum atomic E-state index is 11.9. The van der Waals surface area contributed by atoms with E-state index >= 15 is 0 Å². The van der Waals surface area contributed by atoms with Crippen LogP contribution in [0.2, 0.25) is 0 Å². The molecule has 94 valence electrons. The molecular formula is C14H16N2O2. The lowest BCUT2D eigenvalue weighted by Crippen LogP contribution is -2.30. The van der Waals surface area contributed by atoms with Gasteiger partial charge in [-0.1, -0.05) is 30.3 Å². The zero-order valence-corrected chi connectivity index (χ0v) is 10.1. The summed E-state index contributed by atoms with van der Waals surface area (Å²) in [6.07, 6.45) is 1.29. The molecule has 3 rings (SSSR count). The monoisotopic (exact) mass is 244 g/mol. The van der Waals surface area contributed by atoms with Crippen LogP contribution >= 0.6 is 0 Å². The van der Waals surface area contributed by atoms with Gasteiger partial charge in [0.05, 0.1) is 5.92 Å². The Hall–Kier alpha value is -1.84. The Morgan fingerprint density at radius 3 is 2.61 bits per heavy atom. The molecule has 4 nitrogen and oxygen atoms in total. The summed E-state index contributed by atoms with van der Waals surface area (Å²) in [5, 5.41) is 0. The van der Waals surface area contributed by atoms with E-state index in [-0.39, 0.29) is 30.2 Å². The van der Waals surface area contributed by atoms with Crippen LogP contribution in [0.5, 0.6) is 0 Å². The van der Waals surface area contributed by atoms with Crippen molar-refractivity contribution in [3.63, 3.8) is 0 Å². The number of likely N-dealkylation sites (tertiary alicyclic amines) is 1. The smallest absolute Gasteiger partial charge is 0.223 e. The van der Waals surface area contributed by atoms with E-state index in [1.165, 1.54) is 5.56 Å². The Kier molecular flexibility index (Phi) is 2.58. The number of benzene rings is 1. The van der Waals surface area contributed by atoms with Crippen LogP contribution in [0.15, 0.2) is 30.3 Å². The van der Waals surface area contributed by atoms with Gasteiger partial charge in [-0.25, -0.2) is 0 Å². The van der Waals surface area contributed by atoms with Gasteiger partial charge >= 0.3 is 0 Å². The quantitative estimate of drug-likeness (QED) is 0.857. The minimum Gasteiger partial charge on any atom is -0.369 e. The van der Waals surface area contributed by atoms with Crippen molar-refractivity contribution in [2.45, 2.75) is 24.8 Å². The van der Waals surface area contributed by atoms with Gasteiger partial charge in [0.15, 0.2) is 0 Å². The van der Waals surface area contributed by atoms with Crippen molar-refractivity contribution in [1.29, 1.82) is 0 Å². The Labute approximate surface area is 106 Å². The standard InChI is InChI=1S/C14H16N2O2/c15-14(18)10-6-13(17)16(8-10)12-7-11(12)9-4-2-1-3-5-9/h1-5,10-12H,6-8H2,(H2,15,18). The molecule has 0 spiro atoms. The van der Waals surface area contributed by atoms with E-state index < -0.39 is 0 Å². The fourth-order valence-corrected chi connectivity index (χ4v) is 2.83. The summed E-state index contributed by atoms with van der Waals surface area (Å²) in [7, 11) is 0. The summed E-state index contributed by atoms with van der Waals surface area (Å²) in [5.41, 5.74) is 6.55. The summed E-state index contributed by atoms with van der Waals surface area (Å²) in [6, 6.07) is 10.5. The van der Waals surface area contributed by atoms with Gasteiger partial charge in [0, 0.05) is 24.9 Å². The van der Waals surface area contributed by atoms with E-state index in [9.17, 15) is 9.59 Å². The Morgan fingerprint density at radius 2 is 2.00 bits per heavy atom. The molecule has 18 heavy (non-hydrogen) atoms. The van der Waals surface area contributed by atoms with Gasteiger partial charge in [-0.05, 0) is 12.0 Å². The summed E-state index contributed by atoms with van der Waals surface area (Å²) in [4.78, 5) is 24.8. The fraction of sp³-hybridized carbons (Fsp3) is 0.429. The zero-order valence-electron chi connectivity index (χ0n) is 10.1. The highest BCUT2D eigenvalue weighted by atomic mass is 16.2. The molecule has 0 radical (unpaired) electrons. The number of hydrogen-bond donors (Lipinski definition) is 1. The first-order valence-electron chi connectivity index (χ1n) is 6.30. The molecule has 3 atom stereocenters. The number of nitrogens with two attached hydrogens (primary N) is 1. The molecule has 0 bridgehead atoms. The van der Waals surface area contributed by atoms with Gasteiger partial charge < -0.3 is 10.6 Å². The molecule has 1 aliphatic heterocycles. The number of hydrogen-bond acceptors (Lipinski definition) is 2. The predicted octanol–water partition coefficient (Wildman–Crippen LogP) is 0.876. The third-order valence-electron chi connectivity index (χ3n) is 3.95. The van der Waals surface area contributed by atoms with E-state index in [4.69, 9.17) is 5.73 Å². The molecule has 2 amide bonds. The predicted molar refractivity (Wildman–Crippen MR) is 66.6 cm³/mol. The molecule has 2 aliphatic rings. The molecule has 1 saturated heterocycles. The first kappa shape index (κ1) is 11.3. The molecule has 1 aromatic rings.